The lowest BCUT2D eigenvalue weighted by Crippen LogP contribution is -2.10. The van der Waals surface area contributed by atoms with Crippen LogP contribution in [0.1, 0.15) is 0 Å². The van der Waals surface area contributed by atoms with Crippen LogP contribution in [0.3, 0.4) is 0 Å². The summed E-state index contributed by atoms with van der Waals surface area (Å²) in [7, 11) is -7.78. The zero-order valence-corrected chi connectivity index (χ0v) is 9.34. The first-order valence-corrected chi connectivity index (χ1v) is 7.07. The molecule has 0 fully saturated rings. The van der Waals surface area contributed by atoms with Gasteiger partial charge in [0.05, 0.1) is 11.2 Å². The molecule has 0 atom stereocenters. The van der Waals surface area contributed by atoms with Crippen LogP contribution in [0.25, 0.3) is 0 Å². The van der Waals surface area contributed by atoms with Crippen LogP contribution in [0.2, 0.25) is 0 Å². The van der Waals surface area contributed by atoms with Gasteiger partial charge in [-0.1, -0.05) is 6.07 Å². The summed E-state index contributed by atoms with van der Waals surface area (Å²) < 4.78 is 53.9. The van der Waals surface area contributed by atoms with E-state index < -0.39 is 20.1 Å². The number of benzene rings is 1. The molecule has 0 unspecified atom stereocenters. The van der Waals surface area contributed by atoms with Crippen LogP contribution in [0, 0.1) is 0 Å². The van der Waals surface area contributed by atoms with Crippen LogP contribution in [0.5, 0.6) is 0 Å². The van der Waals surface area contributed by atoms with Crippen LogP contribution in [-0.4, -0.2) is 27.6 Å². The minimum atomic E-state index is -4.32. The van der Waals surface area contributed by atoms with E-state index >= 15 is 0 Å². The highest BCUT2D eigenvalue weighted by Gasteiger charge is 2.10. The quantitative estimate of drug-likeness (QED) is 0.753. The average Bonchev–Trinajstić information content (AvgIpc) is 1.99. The molecule has 0 saturated heterocycles. The predicted octanol–water partition coefficient (Wildman–Crippen LogP) is 0.305. The largest absolute Gasteiger partial charge is 0.294 e. The van der Waals surface area contributed by atoms with E-state index in [1.165, 1.54) is 12.1 Å². The fourth-order valence-electron chi connectivity index (χ4n) is 0.934. The van der Waals surface area contributed by atoms with Gasteiger partial charge in [0.25, 0.3) is 10.1 Å². The van der Waals surface area contributed by atoms with Crippen LogP contribution in [0.4, 0.5) is 5.69 Å². The second kappa shape index (κ2) is 3.80. The summed E-state index contributed by atoms with van der Waals surface area (Å²) in [4.78, 5) is -0.365. The van der Waals surface area contributed by atoms with Crippen molar-refractivity contribution < 1.29 is 21.4 Å². The standard InChI is InChI=1S/C7H9NO5S2/c1-14(9,10)8-6-3-2-4-7(5-6)15(11,12)13/h2-5,8H,1H3,(H,11,12,13). The Morgan fingerprint density at radius 2 is 1.80 bits per heavy atom. The molecule has 1 aromatic rings. The summed E-state index contributed by atoms with van der Waals surface area (Å²) >= 11 is 0. The molecule has 15 heavy (non-hydrogen) atoms. The molecule has 1 aromatic carbocycles. The Balaban J connectivity index is 3.15. The Morgan fingerprint density at radius 1 is 1.20 bits per heavy atom. The average molecular weight is 251 g/mol. The van der Waals surface area contributed by atoms with E-state index in [0.717, 1.165) is 18.4 Å². The van der Waals surface area contributed by atoms with Crippen molar-refractivity contribution >= 4 is 25.8 Å². The SMILES string of the molecule is CS(=O)(=O)Nc1cccc(S(=O)(=O)O)c1. The third kappa shape index (κ3) is 3.86. The topological polar surface area (TPSA) is 101 Å². The van der Waals surface area contributed by atoms with Crippen molar-refractivity contribution in [2.45, 2.75) is 4.90 Å². The monoisotopic (exact) mass is 251 g/mol. The molecule has 0 heterocycles. The van der Waals surface area contributed by atoms with Crippen molar-refractivity contribution in [1.29, 1.82) is 0 Å². The Hall–Kier alpha value is -1.12. The van der Waals surface area contributed by atoms with E-state index in [9.17, 15) is 16.8 Å². The molecule has 0 radical (unpaired) electrons. The summed E-state index contributed by atoms with van der Waals surface area (Å²) in [5.41, 5.74) is 0.0765. The number of hydrogen-bond acceptors (Lipinski definition) is 4. The number of nitrogens with one attached hydrogen (secondary N) is 1. The van der Waals surface area contributed by atoms with Crippen molar-refractivity contribution in [3.05, 3.63) is 24.3 Å². The van der Waals surface area contributed by atoms with E-state index in [4.69, 9.17) is 4.55 Å². The van der Waals surface area contributed by atoms with Crippen LogP contribution < -0.4 is 4.72 Å². The van der Waals surface area contributed by atoms with Gasteiger partial charge in [0.2, 0.25) is 10.0 Å². The van der Waals surface area contributed by atoms with E-state index in [-0.39, 0.29) is 10.6 Å². The Bertz CT molecular complexity index is 561. The molecule has 0 bridgehead atoms. The fourth-order valence-corrected chi connectivity index (χ4v) is 2.02. The summed E-state index contributed by atoms with van der Waals surface area (Å²) in [6, 6.07) is 4.87. The molecule has 0 aliphatic rings. The third-order valence-electron chi connectivity index (χ3n) is 1.44. The molecule has 0 aliphatic heterocycles. The molecule has 0 saturated carbocycles. The van der Waals surface area contributed by atoms with E-state index in [1.807, 2.05) is 0 Å². The maximum atomic E-state index is 10.8. The van der Waals surface area contributed by atoms with Gasteiger partial charge in [-0.15, -0.1) is 0 Å². The third-order valence-corrected chi connectivity index (χ3v) is 2.89. The summed E-state index contributed by atoms with van der Waals surface area (Å²) in [5.74, 6) is 0. The van der Waals surface area contributed by atoms with Gasteiger partial charge in [0, 0.05) is 5.69 Å². The number of rotatable bonds is 3. The number of hydrogen-bond donors (Lipinski definition) is 2. The first-order valence-electron chi connectivity index (χ1n) is 3.74. The molecule has 2 N–H and O–H groups in total. The highest BCUT2D eigenvalue weighted by molar-refractivity contribution is 7.92. The number of anilines is 1. The van der Waals surface area contributed by atoms with Crippen LogP contribution in [-0.2, 0) is 20.1 Å². The highest BCUT2D eigenvalue weighted by atomic mass is 32.2. The Kier molecular flexibility index (Phi) is 3.03. The molecule has 6 nitrogen and oxygen atoms in total. The van der Waals surface area contributed by atoms with Crippen LogP contribution in [0.15, 0.2) is 29.2 Å². The molecule has 0 amide bonds. The van der Waals surface area contributed by atoms with Gasteiger partial charge in [0.15, 0.2) is 0 Å². The van der Waals surface area contributed by atoms with Crippen molar-refractivity contribution in [2.75, 3.05) is 11.0 Å². The summed E-state index contributed by atoms with van der Waals surface area (Å²) in [5, 5.41) is 0. The minimum absolute atomic E-state index is 0.0765. The zero-order chi connectivity index (χ0) is 11.7. The molecule has 1 rings (SSSR count). The Morgan fingerprint density at radius 3 is 2.27 bits per heavy atom. The molecule has 84 valence electrons. The van der Waals surface area contributed by atoms with Gasteiger partial charge >= 0.3 is 0 Å². The smallest absolute Gasteiger partial charge is 0.284 e. The molecular formula is C7H9NO5S2. The molecule has 8 heteroatoms. The van der Waals surface area contributed by atoms with E-state index in [2.05, 4.69) is 4.72 Å². The second-order valence-electron chi connectivity index (χ2n) is 2.88. The lowest BCUT2D eigenvalue weighted by atomic mass is 10.3. The second-order valence-corrected chi connectivity index (χ2v) is 6.05. The molecular weight excluding hydrogens is 242 g/mol. The maximum absolute atomic E-state index is 10.8. The number of sulfonamides is 1. The fraction of sp³-hybridized carbons (Fsp3) is 0.143. The van der Waals surface area contributed by atoms with Gasteiger partial charge in [-0.3, -0.25) is 9.27 Å². The van der Waals surface area contributed by atoms with Crippen molar-refractivity contribution in [3.63, 3.8) is 0 Å². The van der Waals surface area contributed by atoms with Gasteiger partial charge in [-0.2, -0.15) is 8.42 Å². The Labute approximate surface area is 87.7 Å². The van der Waals surface area contributed by atoms with Crippen LogP contribution >= 0.6 is 0 Å². The van der Waals surface area contributed by atoms with Crippen molar-refractivity contribution in [2.24, 2.45) is 0 Å². The first-order chi connectivity index (χ1) is 6.68. The summed E-state index contributed by atoms with van der Waals surface area (Å²) in [6.07, 6.45) is 0.938. The van der Waals surface area contributed by atoms with Gasteiger partial charge in [-0.05, 0) is 18.2 Å². The lowest BCUT2D eigenvalue weighted by Gasteiger charge is -2.04. The lowest BCUT2D eigenvalue weighted by molar-refractivity contribution is 0.483. The van der Waals surface area contributed by atoms with Gasteiger partial charge in [-0.25, -0.2) is 8.42 Å². The van der Waals surface area contributed by atoms with E-state index in [1.54, 1.807) is 0 Å². The van der Waals surface area contributed by atoms with Gasteiger partial charge in [0.1, 0.15) is 0 Å². The van der Waals surface area contributed by atoms with E-state index in [0.29, 0.717) is 0 Å². The highest BCUT2D eigenvalue weighted by Crippen LogP contribution is 2.15. The molecule has 0 aliphatic carbocycles. The minimum Gasteiger partial charge on any atom is -0.284 e. The van der Waals surface area contributed by atoms with Crippen molar-refractivity contribution in [1.82, 2.24) is 0 Å². The predicted molar refractivity (Wildman–Crippen MR) is 54.7 cm³/mol. The first kappa shape index (κ1) is 12.0. The molecule has 0 spiro atoms. The van der Waals surface area contributed by atoms with Crippen molar-refractivity contribution in [3.8, 4) is 0 Å². The zero-order valence-electron chi connectivity index (χ0n) is 7.71. The molecule has 0 aromatic heterocycles. The maximum Gasteiger partial charge on any atom is 0.294 e. The summed E-state index contributed by atoms with van der Waals surface area (Å²) in [6.45, 7) is 0. The van der Waals surface area contributed by atoms with Gasteiger partial charge < -0.3 is 0 Å². The normalized spacial score (nSPS) is 12.4.